The molecule has 0 radical (unpaired) electrons. The lowest BCUT2D eigenvalue weighted by atomic mass is 10.1. The van der Waals surface area contributed by atoms with E-state index in [1.165, 1.54) is 0 Å². The van der Waals surface area contributed by atoms with Crippen molar-refractivity contribution >= 4 is 27.3 Å². The number of sulfone groups is 1. The van der Waals surface area contributed by atoms with Gasteiger partial charge in [0.1, 0.15) is 17.3 Å². The first-order chi connectivity index (χ1) is 15.0. The Labute approximate surface area is 194 Å². The summed E-state index contributed by atoms with van der Waals surface area (Å²) < 4.78 is 36.2. The molecule has 1 aliphatic heterocycles. The Bertz CT molecular complexity index is 1100. The minimum atomic E-state index is -3.15. The van der Waals surface area contributed by atoms with Gasteiger partial charge in [-0.15, -0.1) is 0 Å². The number of amides is 1. The molecule has 1 aromatic carbocycles. The van der Waals surface area contributed by atoms with Gasteiger partial charge in [-0.2, -0.15) is 0 Å². The first-order valence-corrected chi connectivity index (χ1v) is 13.3. The molecular formula is C24H30ClNO5S. The van der Waals surface area contributed by atoms with Crippen molar-refractivity contribution in [3.63, 3.8) is 0 Å². The van der Waals surface area contributed by atoms with E-state index >= 15 is 0 Å². The first-order valence-electron chi connectivity index (χ1n) is 11.1. The van der Waals surface area contributed by atoms with Gasteiger partial charge in [-0.05, 0) is 74.9 Å². The lowest BCUT2D eigenvalue weighted by molar-refractivity contribution is -0.141. The lowest BCUT2D eigenvalue weighted by Gasteiger charge is -2.30. The van der Waals surface area contributed by atoms with Gasteiger partial charge in [-0.25, -0.2) is 8.42 Å². The van der Waals surface area contributed by atoms with Gasteiger partial charge in [0.25, 0.3) is 5.91 Å². The van der Waals surface area contributed by atoms with E-state index in [0.29, 0.717) is 34.8 Å². The van der Waals surface area contributed by atoms with Crippen LogP contribution in [0.2, 0.25) is 5.02 Å². The number of hydrogen-bond acceptors (Lipinski definition) is 5. The molecule has 174 valence electrons. The van der Waals surface area contributed by atoms with E-state index in [1.54, 1.807) is 24.0 Å². The number of hydrogen-bond donors (Lipinski definition) is 0. The summed E-state index contributed by atoms with van der Waals surface area (Å²) in [7, 11) is -3.15. The molecule has 4 atom stereocenters. The first kappa shape index (κ1) is 23.2. The average molecular weight is 480 g/mol. The summed E-state index contributed by atoms with van der Waals surface area (Å²) in [5.74, 6) is 3.04. The molecule has 1 amide bonds. The predicted molar refractivity (Wildman–Crippen MR) is 124 cm³/mol. The number of nitrogens with zero attached hydrogens (tertiary/aromatic N) is 1. The second kappa shape index (κ2) is 8.75. The summed E-state index contributed by atoms with van der Waals surface area (Å²) in [5.41, 5.74) is 1.75. The quantitative estimate of drug-likeness (QED) is 0.577. The molecule has 1 saturated heterocycles. The summed E-state index contributed by atoms with van der Waals surface area (Å²) in [5, 5.41) is 0.674. The third-order valence-electron chi connectivity index (χ3n) is 6.49. The number of aryl methyl sites for hydroxylation is 2. The molecule has 4 unspecified atom stereocenters. The van der Waals surface area contributed by atoms with Crippen LogP contribution in [0.25, 0.3) is 0 Å². The highest BCUT2D eigenvalue weighted by Gasteiger charge is 2.39. The van der Waals surface area contributed by atoms with Crippen molar-refractivity contribution < 1.29 is 22.4 Å². The molecule has 1 aromatic heterocycles. The zero-order valence-corrected chi connectivity index (χ0v) is 20.5. The van der Waals surface area contributed by atoms with Crippen LogP contribution in [0.5, 0.6) is 5.75 Å². The van der Waals surface area contributed by atoms with E-state index in [1.807, 2.05) is 26.0 Å². The van der Waals surface area contributed by atoms with Crippen molar-refractivity contribution in [2.24, 2.45) is 5.92 Å². The fourth-order valence-corrected chi connectivity index (χ4v) is 6.28. The number of furan rings is 1. The maximum atomic E-state index is 13.4. The van der Waals surface area contributed by atoms with Crippen molar-refractivity contribution in [1.29, 1.82) is 0 Å². The normalized spacial score (nSPS) is 24.8. The predicted octanol–water partition coefficient (Wildman–Crippen LogP) is 4.66. The number of ether oxygens (including phenoxy) is 1. The maximum Gasteiger partial charge on any atom is 0.264 e. The van der Waals surface area contributed by atoms with Crippen LogP contribution in [0, 0.1) is 19.8 Å². The maximum absolute atomic E-state index is 13.4. The molecule has 1 saturated carbocycles. The highest BCUT2D eigenvalue weighted by molar-refractivity contribution is 7.91. The molecule has 0 bridgehead atoms. The Morgan fingerprint density at radius 3 is 2.50 bits per heavy atom. The van der Waals surface area contributed by atoms with Crippen LogP contribution < -0.4 is 4.74 Å². The molecule has 2 aromatic rings. The molecule has 32 heavy (non-hydrogen) atoms. The van der Waals surface area contributed by atoms with Crippen LogP contribution >= 0.6 is 11.6 Å². The van der Waals surface area contributed by atoms with Crippen molar-refractivity contribution in [2.45, 2.75) is 65.1 Å². The summed E-state index contributed by atoms with van der Waals surface area (Å²) in [6.45, 7) is 7.88. The SMILES string of the molecule is Cc1cc(OC(C)C(=O)N(Cc2ccc(C3CC3C)o2)C2CCS(=O)(=O)C2)cc(C)c1Cl. The zero-order valence-electron chi connectivity index (χ0n) is 18.9. The second-order valence-electron chi connectivity index (χ2n) is 9.28. The summed E-state index contributed by atoms with van der Waals surface area (Å²) in [4.78, 5) is 15.0. The minimum absolute atomic E-state index is 0.0299. The number of carbonyl (C=O) groups is 1. The standard InChI is InChI=1S/C24H30ClNO5S/c1-14-11-21(14)22-6-5-19(31-22)12-26(18-7-8-32(28,29)13-18)24(27)17(4)30-20-9-15(2)23(25)16(3)10-20/h5-6,9-10,14,17-18,21H,7-8,11-13H2,1-4H3. The van der Waals surface area contributed by atoms with Crippen LogP contribution in [0.15, 0.2) is 28.7 Å². The van der Waals surface area contributed by atoms with Crippen molar-refractivity contribution in [2.75, 3.05) is 11.5 Å². The molecule has 2 fully saturated rings. The lowest BCUT2D eigenvalue weighted by Crippen LogP contribution is -2.46. The van der Waals surface area contributed by atoms with Gasteiger partial charge in [0.2, 0.25) is 0 Å². The fraction of sp³-hybridized carbons (Fsp3) is 0.542. The number of carbonyl (C=O) groups excluding carboxylic acids is 1. The largest absolute Gasteiger partial charge is 0.481 e. The van der Waals surface area contributed by atoms with Gasteiger partial charge in [0, 0.05) is 17.0 Å². The van der Waals surface area contributed by atoms with Gasteiger partial charge in [-0.3, -0.25) is 4.79 Å². The molecule has 8 heteroatoms. The van der Waals surface area contributed by atoms with Crippen LogP contribution in [0.4, 0.5) is 0 Å². The molecule has 0 spiro atoms. The van der Waals surface area contributed by atoms with Gasteiger partial charge < -0.3 is 14.1 Å². The minimum Gasteiger partial charge on any atom is -0.481 e. The third kappa shape index (κ3) is 4.99. The van der Waals surface area contributed by atoms with Crippen molar-refractivity contribution in [3.05, 3.63) is 51.9 Å². The van der Waals surface area contributed by atoms with E-state index in [4.69, 9.17) is 20.8 Å². The Morgan fingerprint density at radius 2 is 1.94 bits per heavy atom. The molecule has 6 nitrogen and oxygen atoms in total. The monoisotopic (exact) mass is 479 g/mol. The topological polar surface area (TPSA) is 76.8 Å². The van der Waals surface area contributed by atoms with Crippen molar-refractivity contribution in [3.8, 4) is 5.75 Å². The van der Waals surface area contributed by atoms with Crippen LogP contribution in [-0.4, -0.2) is 42.9 Å². The summed E-state index contributed by atoms with van der Waals surface area (Å²) in [6.07, 6.45) is 0.755. The van der Waals surface area contributed by atoms with E-state index < -0.39 is 15.9 Å². The number of rotatable bonds is 7. The zero-order chi connectivity index (χ0) is 23.2. The number of halogens is 1. The Hall–Kier alpha value is -1.99. The highest BCUT2D eigenvalue weighted by atomic mass is 35.5. The van der Waals surface area contributed by atoms with Crippen LogP contribution in [-0.2, 0) is 21.2 Å². The van der Waals surface area contributed by atoms with E-state index in [2.05, 4.69) is 6.92 Å². The highest BCUT2D eigenvalue weighted by Crippen LogP contribution is 2.47. The van der Waals surface area contributed by atoms with E-state index in [0.717, 1.165) is 23.3 Å². The second-order valence-corrected chi connectivity index (χ2v) is 11.9. The van der Waals surface area contributed by atoms with E-state index in [-0.39, 0.29) is 30.0 Å². The smallest absolute Gasteiger partial charge is 0.264 e. The molecule has 0 N–H and O–H groups in total. The summed E-state index contributed by atoms with van der Waals surface area (Å²) in [6, 6.07) is 7.08. The van der Waals surface area contributed by atoms with E-state index in [9.17, 15) is 13.2 Å². The third-order valence-corrected chi connectivity index (χ3v) is 8.83. The molecule has 1 aliphatic carbocycles. The Balaban J connectivity index is 1.53. The fourth-order valence-electron chi connectivity index (χ4n) is 4.44. The van der Waals surface area contributed by atoms with Crippen molar-refractivity contribution in [1.82, 2.24) is 4.90 Å². The van der Waals surface area contributed by atoms with Crippen LogP contribution in [0.1, 0.15) is 55.3 Å². The summed E-state index contributed by atoms with van der Waals surface area (Å²) >= 11 is 6.24. The van der Waals surface area contributed by atoms with Gasteiger partial charge in [-0.1, -0.05) is 18.5 Å². The Morgan fingerprint density at radius 1 is 1.28 bits per heavy atom. The van der Waals surface area contributed by atoms with Gasteiger partial charge in [0.05, 0.1) is 18.1 Å². The molecule has 2 heterocycles. The van der Waals surface area contributed by atoms with Gasteiger partial charge in [0.15, 0.2) is 15.9 Å². The average Bonchev–Trinajstić information content (AvgIpc) is 3.10. The van der Waals surface area contributed by atoms with Gasteiger partial charge >= 0.3 is 0 Å². The molecular weight excluding hydrogens is 450 g/mol. The molecule has 2 aliphatic rings. The van der Waals surface area contributed by atoms with Crippen LogP contribution in [0.3, 0.4) is 0 Å². The number of benzene rings is 1. The Kier molecular flexibility index (Phi) is 6.34. The molecule has 4 rings (SSSR count).